The van der Waals surface area contributed by atoms with Gasteiger partial charge in [0.15, 0.2) is 0 Å². The van der Waals surface area contributed by atoms with Crippen LogP contribution in [0.25, 0.3) is 0 Å². The van der Waals surface area contributed by atoms with Crippen LogP contribution in [0.15, 0.2) is 30.3 Å². The van der Waals surface area contributed by atoms with Gasteiger partial charge in [0, 0.05) is 25.9 Å². The number of amides is 1. The Bertz CT molecular complexity index is 538. The third-order valence-electron chi connectivity index (χ3n) is 3.26. The Kier molecular flexibility index (Phi) is 7.00. The molecule has 1 amide bonds. The second-order valence-corrected chi connectivity index (χ2v) is 8.41. The molecule has 0 atom stereocenters. The Morgan fingerprint density at radius 3 is 2.08 bits per heavy atom. The molecule has 1 aromatic carbocycles. The fraction of sp³-hybridized carbons (Fsp3) is 0.600. The van der Waals surface area contributed by atoms with Crippen molar-refractivity contribution >= 4 is 11.9 Å². The van der Waals surface area contributed by atoms with Gasteiger partial charge < -0.3 is 9.64 Å². The molecule has 0 aliphatic carbocycles. The van der Waals surface area contributed by atoms with E-state index in [2.05, 4.69) is 0 Å². The minimum atomic E-state index is -0.554. The van der Waals surface area contributed by atoms with Crippen LogP contribution in [-0.2, 0) is 16.1 Å². The van der Waals surface area contributed by atoms with Crippen LogP contribution in [0.4, 0.5) is 4.79 Å². The van der Waals surface area contributed by atoms with Gasteiger partial charge in [0.1, 0.15) is 11.4 Å². The van der Waals surface area contributed by atoms with E-state index in [4.69, 9.17) is 4.74 Å². The number of benzene rings is 1. The van der Waals surface area contributed by atoms with Crippen molar-refractivity contribution in [3.8, 4) is 0 Å². The highest BCUT2D eigenvalue weighted by atomic mass is 16.6. The van der Waals surface area contributed by atoms with Crippen molar-refractivity contribution in [3.63, 3.8) is 0 Å². The average Bonchev–Trinajstić information content (AvgIpc) is 2.40. The van der Waals surface area contributed by atoms with Gasteiger partial charge in [0.2, 0.25) is 0 Å². The zero-order valence-corrected chi connectivity index (χ0v) is 15.9. The number of ketones is 1. The highest BCUT2D eigenvalue weighted by Crippen LogP contribution is 2.20. The molecule has 1 rings (SSSR count). The summed E-state index contributed by atoms with van der Waals surface area (Å²) >= 11 is 0. The summed E-state index contributed by atoms with van der Waals surface area (Å²) in [5.41, 5.74) is 0.431. The molecule has 134 valence electrons. The molecule has 4 heteroatoms. The van der Waals surface area contributed by atoms with E-state index in [9.17, 15) is 9.59 Å². The van der Waals surface area contributed by atoms with E-state index < -0.39 is 5.60 Å². The van der Waals surface area contributed by atoms with Crippen molar-refractivity contribution in [2.75, 3.05) is 6.54 Å². The van der Waals surface area contributed by atoms with Crippen LogP contribution >= 0.6 is 0 Å². The van der Waals surface area contributed by atoms with Gasteiger partial charge >= 0.3 is 6.09 Å². The van der Waals surface area contributed by atoms with Crippen molar-refractivity contribution in [1.82, 2.24) is 4.90 Å². The van der Waals surface area contributed by atoms with E-state index >= 15 is 0 Å². The topological polar surface area (TPSA) is 46.6 Å². The number of hydrogen-bond acceptors (Lipinski definition) is 3. The summed E-state index contributed by atoms with van der Waals surface area (Å²) in [5, 5.41) is 0. The molecule has 0 radical (unpaired) electrons. The first kappa shape index (κ1) is 20.2. The molecule has 4 nitrogen and oxygen atoms in total. The first-order valence-corrected chi connectivity index (χ1v) is 8.50. The highest BCUT2D eigenvalue weighted by Gasteiger charge is 2.23. The van der Waals surface area contributed by atoms with Crippen LogP contribution in [0.3, 0.4) is 0 Å². The number of Topliss-reactive ketones (excluding diaryl/α,β-unsaturated/α-hetero) is 1. The molecule has 0 aliphatic rings. The van der Waals surface area contributed by atoms with Crippen molar-refractivity contribution in [3.05, 3.63) is 35.9 Å². The second kappa shape index (κ2) is 8.32. The van der Waals surface area contributed by atoms with Crippen LogP contribution in [-0.4, -0.2) is 28.9 Å². The number of carbonyl (C=O) groups excluding carboxylic acids is 2. The summed E-state index contributed by atoms with van der Waals surface area (Å²) < 4.78 is 5.48. The standard InChI is InChI=1S/C20H31NO3/c1-19(2,3)14-17(22)12-13-21(18(23)24-20(4,5)6)15-16-10-8-7-9-11-16/h7-11H,12-15H2,1-6H3. The Balaban J connectivity index is 2.74. The van der Waals surface area contributed by atoms with E-state index in [-0.39, 0.29) is 17.3 Å². The summed E-state index contributed by atoms with van der Waals surface area (Å²) in [5.74, 6) is 0.170. The highest BCUT2D eigenvalue weighted by molar-refractivity contribution is 5.79. The maximum atomic E-state index is 12.5. The fourth-order valence-corrected chi connectivity index (χ4v) is 2.30. The lowest BCUT2D eigenvalue weighted by molar-refractivity contribution is -0.121. The normalized spacial score (nSPS) is 11.9. The largest absolute Gasteiger partial charge is 0.444 e. The molecule has 0 spiro atoms. The molecule has 24 heavy (non-hydrogen) atoms. The quantitative estimate of drug-likeness (QED) is 0.750. The minimum absolute atomic E-state index is 0.0345. The van der Waals surface area contributed by atoms with Crippen molar-refractivity contribution in [2.45, 2.75) is 66.5 Å². The zero-order chi connectivity index (χ0) is 18.4. The lowest BCUT2D eigenvalue weighted by Crippen LogP contribution is -2.37. The van der Waals surface area contributed by atoms with Gasteiger partial charge in [0.05, 0.1) is 0 Å². The molecule has 0 aliphatic heterocycles. The monoisotopic (exact) mass is 333 g/mol. The number of hydrogen-bond donors (Lipinski definition) is 0. The third kappa shape index (κ3) is 8.70. The SMILES string of the molecule is CC(C)(C)CC(=O)CCN(Cc1ccccc1)C(=O)OC(C)(C)C. The van der Waals surface area contributed by atoms with Crippen LogP contribution in [0, 0.1) is 5.41 Å². The van der Waals surface area contributed by atoms with Gasteiger partial charge in [-0.2, -0.15) is 0 Å². The van der Waals surface area contributed by atoms with Crippen LogP contribution < -0.4 is 0 Å². The van der Waals surface area contributed by atoms with E-state index in [1.165, 1.54) is 0 Å². The maximum absolute atomic E-state index is 12.5. The number of nitrogens with zero attached hydrogens (tertiary/aromatic N) is 1. The Labute approximate surface area is 146 Å². The average molecular weight is 333 g/mol. The zero-order valence-electron chi connectivity index (χ0n) is 15.9. The van der Waals surface area contributed by atoms with Crippen molar-refractivity contribution in [1.29, 1.82) is 0 Å². The van der Waals surface area contributed by atoms with Gasteiger partial charge in [-0.1, -0.05) is 51.1 Å². The molecule has 0 fully saturated rings. The van der Waals surface area contributed by atoms with Crippen LogP contribution in [0.5, 0.6) is 0 Å². The third-order valence-corrected chi connectivity index (χ3v) is 3.26. The molecule has 0 unspecified atom stereocenters. The molecule has 0 N–H and O–H groups in total. The number of rotatable bonds is 6. The van der Waals surface area contributed by atoms with E-state index in [0.717, 1.165) is 5.56 Å². The Morgan fingerprint density at radius 2 is 1.58 bits per heavy atom. The fourth-order valence-electron chi connectivity index (χ4n) is 2.30. The first-order valence-electron chi connectivity index (χ1n) is 8.50. The summed E-state index contributed by atoms with van der Waals surface area (Å²) in [6, 6.07) is 9.75. The lowest BCUT2D eigenvalue weighted by Gasteiger charge is -2.27. The summed E-state index contributed by atoms with van der Waals surface area (Å²) in [6.45, 7) is 12.5. The first-order chi connectivity index (χ1) is 11.0. The van der Waals surface area contributed by atoms with Gasteiger partial charge in [-0.3, -0.25) is 4.79 Å². The predicted octanol–water partition coefficient (Wildman–Crippen LogP) is 4.82. The van der Waals surface area contributed by atoms with Gasteiger partial charge in [-0.05, 0) is 31.7 Å². The smallest absolute Gasteiger partial charge is 0.410 e. The summed E-state index contributed by atoms with van der Waals surface area (Å²) in [4.78, 5) is 26.2. The minimum Gasteiger partial charge on any atom is -0.444 e. The van der Waals surface area contributed by atoms with E-state index in [1.54, 1.807) is 4.90 Å². The van der Waals surface area contributed by atoms with Gasteiger partial charge in [0.25, 0.3) is 0 Å². The molecule has 0 bridgehead atoms. The van der Waals surface area contributed by atoms with Crippen LogP contribution in [0.2, 0.25) is 0 Å². The number of carbonyl (C=O) groups is 2. The van der Waals surface area contributed by atoms with Crippen molar-refractivity contribution in [2.24, 2.45) is 5.41 Å². The summed E-state index contributed by atoms with van der Waals surface area (Å²) in [7, 11) is 0. The molecule has 1 aromatic rings. The molecule has 0 saturated heterocycles. The predicted molar refractivity (Wildman–Crippen MR) is 96.8 cm³/mol. The van der Waals surface area contributed by atoms with Gasteiger partial charge in [-0.25, -0.2) is 4.79 Å². The molecular weight excluding hydrogens is 302 g/mol. The molecule has 0 saturated carbocycles. The second-order valence-electron chi connectivity index (χ2n) is 8.41. The lowest BCUT2D eigenvalue weighted by atomic mass is 9.89. The number of ether oxygens (including phenoxy) is 1. The van der Waals surface area contributed by atoms with Gasteiger partial charge in [-0.15, -0.1) is 0 Å². The Morgan fingerprint density at radius 1 is 1.00 bits per heavy atom. The van der Waals surface area contributed by atoms with E-state index in [0.29, 0.717) is 25.9 Å². The summed E-state index contributed by atoms with van der Waals surface area (Å²) in [6.07, 6.45) is 0.485. The molecule has 0 aromatic heterocycles. The Hall–Kier alpha value is -1.84. The molecule has 0 heterocycles. The maximum Gasteiger partial charge on any atom is 0.410 e. The van der Waals surface area contributed by atoms with Crippen molar-refractivity contribution < 1.29 is 14.3 Å². The van der Waals surface area contributed by atoms with E-state index in [1.807, 2.05) is 71.9 Å². The van der Waals surface area contributed by atoms with Crippen LogP contribution in [0.1, 0.15) is 59.9 Å². The molecular formula is C20H31NO3.